The Morgan fingerprint density at radius 3 is 2.73 bits per heavy atom. The molecule has 0 saturated heterocycles. The molecule has 1 rings (SSSR count). The minimum Gasteiger partial charge on any atom is -0.314 e. The monoisotopic (exact) mass is 227 g/mol. The highest BCUT2D eigenvalue weighted by Crippen LogP contribution is 2.19. The molecule has 0 aliphatic carbocycles. The molecule has 1 heterocycles. The van der Waals surface area contributed by atoms with Gasteiger partial charge in [0, 0.05) is 29.9 Å². The van der Waals surface area contributed by atoms with Gasteiger partial charge in [-0.25, -0.2) is 0 Å². The highest BCUT2D eigenvalue weighted by molar-refractivity contribution is 7.99. The summed E-state index contributed by atoms with van der Waals surface area (Å²) in [6, 6.07) is 0.579. The number of nitrogens with one attached hydrogen (secondary N) is 1. The maximum Gasteiger partial charge on any atom is 0.0625 e. The number of hydrogen-bond donors (Lipinski definition) is 1. The summed E-state index contributed by atoms with van der Waals surface area (Å²) in [5, 5.41) is 7.60. The van der Waals surface area contributed by atoms with Gasteiger partial charge in [0.25, 0.3) is 0 Å². The molecular weight excluding hydrogens is 206 g/mol. The van der Waals surface area contributed by atoms with Crippen LogP contribution in [0, 0.1) is 5.92 Å². The Labute approximate surface area is 96.6 Å². The van der Waals surface area contributed by atoms with E-state index in [0.29, 0.717) is 12.0 Å². The predicted molar refractivity (Wildman–Crippen MR) is 66.2 cm³/mol. The van der Waals surface area contributed by atoms with Gasteiger partial charge in [0.1, 0.15) is 0 Å². The fourth-order valence-electron chi connectivity index (χ4n) is 1.21. The third-order valence-electron chi connectivity index (χ3n) is 2.09. The topological polar surface area (TPSA) is 29.9 Å². The van der Waals surface area contributed by atoms with E-state index in [-0.39, 0.29) is 0 Å². The van der Waals surface area contributed by atoms with Gasteiger partial charge in [-0.05, 0) is 12.5 Å². The maximum atomic E-state index is 4.15. The minimum absolute atomic E-state index is 0.579. The Morgan fingerprint density at radius 2 is 2.20 bits per heavy atom. The molecule has 1 unspecified atom stereocenters. The molecule has 1 atom stereocenters. The number of nitrogens with zero attached hydrogens (tertiary/aromatic N) is 2. The average molecular weight is 227 g/mol. The van der Waals surface area contributed by atoms with Gasteiger partial charge in [-0.15, -0.1) is 11.8 Å². The van der Waals surface area contributed by atoms with Crippen LogP contribution in [0.3, 0.4) is 0 Å². The third kappa shape index (κ3) is 5.23. The van der Waals surface area contributed by atoms with Crippen molar-refractivity contribution < 1.29 is 0 Å². The summed E-state index contributed by atoms with van der Waals surface area (Å²) in [5.74, 6) is 1.84. The quantitative estimate of drug-likeness (QED) is 0.755. The highest BCUT2D eigenvalue weighted by Gasteiger charge is 2.04. The molecule has 1 aromatic rings. The normalized spacial score (nSPS) is 13.4. The number of rotatable bonds is 6. The average Bonchev–Trinajstić information content (AvgIpc) is 2.58. The summed E-state index contributed by atoms with van der Waals surface area (Å²) in [6.07, 6.45) is 3.99. The van der Waals surface area contributed by atoms with Gasteiger partial charge in [-0.2, -0.15) is 5.10 Å². The molecule has 3 nitrogen and oxygen atoms in total. The van der Waals surface area contributed by atoms with Crippen molar-refractivity contribution in [3.05, 3.63) is 12.4 Å². The van der Waals surface area contributed by atoms with Crippen LogP contribution < -0.4 is 5.32 Å². The Balaban J connectivity index is 2.19. The van der Waals surface area contributed by atoms with Crippen LogP contribution >= 0.6 is 11.8 Å². The van der Waals surface area contributed by atoms with Gasteiger partial charge >= 0.3 is 0 Å². The zero-order chi connectivity index (χ0) is 11.3. The first-order valence-electron chi connectivity index (χ1n) is 5.42. The van der Waals surface area contributed by atoms with Crippen molar-refractivity contribution in [2.75, 3.05) is 12.3 Å². The third-order valence-corrected chi connectivity index (χ3v) is 3.37. The lowest BCUT2D eigenvalue weighted by Crippen LogP contribution is -2.28. The molecule has 0 spiro atoms. The van der Waals surface area contributed by atoms with E-state index in [4.69, 9.17) is 0 Å². The van der Waals surface area contributed by atoms with Crippen LogP contribution in [0.4, 0.5) is 0 Å². The lowest BCUT2D eigenvalue weighted by Gasteiger charge is -2.13. The molecule has 1 N–H and O–H groups in total. The lowest BCUT2D eigenvalue weighted by molar-refractivity contribution is 0.510. The van der Waals surface area contributed by atoms with Crippen molar-refractivity contribution in [1.29, 1.82) is 0 Å². The number of aromatic nitrogens is 2. The first-order chi connectivity index (χ1) is 7.08. The number of aryl methyl sites for hydroxylation is 1. The lowest BCUT2D eigenvalue weighted by atomic mass is 10.2. The molecule has 0 saturated carbocycles. The van der Waals surface area contributed by atoms with Crippen molar-refractivity contribution in [2.45, 2.75) is 31.7 Å². The van der Waals surface area contributed by atoms with Gasteiger partial charge < -0.3 is 5.32 Å². The maximum absolute atomic E-state index is 4.15. The zero-order valence-corrected chi connectivity index (χ0v) is 10.8. The Bertz CT molecular complexity index is 283. The van der Waals surface area contributed by atoms with Gasteiger partial charge in [0.2, 0.25) is 0 Å². The second kappa shape index (κ2) is 6.18. The smallest absolute Gasteiger partial charge is 0.0625 e. The zero-order valence-electron chi connectivity index (χ0n) is 10.0. The standard InChI is InChI=1S/C11H21N3S/c1-9(2)12-5-10(3)8-15-11-6-13-14(4)7-11/h6-7,9-10,12H,5,8H2,1-4H3. The first kappa shape index (κ1) is 12.6. The fraction of sp³-hybridized carbons (Fsp3) is 0.727. The summed E-state index contributed by atoms with van der Waals surface area (Å²) in [5.41, 5.74) is 0. The largest absolute Gasteiger partial charge is 0.314 e. The molecule has 0 aromatic carbocycles. The van der Waals surface area contributed by atoms with Crippen LogP contribution in [0.15, 0.2) is 17.3 Å². The van der Waals surface area contributed by atoms with Crippen LogP contribution in [-0.2, 0) is 7.05 Å². The van der Waals surface area contributed by atoms with Gasteiger partial charge in [-0.3, -0.25) is 4.68 Å². The molecular formula is C11H21N3S. The first-order valence-corrected chi connectivity index (χ1v) is 6.41. The molecule has 0 radical (unpaired) electrons. The van der Waals surface area contributed by atoms with E-state index in [1.54, 1.807) is 0 Å². The summed E-state index contributed by atoms with van der Waals surface area (Å²) >= 11 is 1.88. The summed E-state index contributed by atoms with van der Waals surface area (Å²) in [6.45, 7) is 7.73. The number of hydrogen-bond acceptors (Lipinski definition) is 3. The molecule has 0 amide bonds. The second-order valence-corrected chi connectivity index (χ2v) is 5.42. The van der Waals surface area contributed by atoms with Crippen molar-refractivity contribution in [3.8, 4) is 0 Å². The molecule has 86 valence electrons. The molecule has 0 bridgehead atoms. The van der Waals surface area contributed by atoms with Gasteiger partial charge in [-0.1, -0.05) is 20.8 Å². The highest BCUT2D eigenvalue weighted by atomic mass is 32.2. The minimum atomic E-state index is 0.579. The summed E-state index contributed by atoms with van der Waals surface area (Å²) in [4.78, 5) is 1.26. The predicted octanol–water partition coefficient (Wildman–Crippen LogP) is 2.15. The van der Waals surface area contributed by atoms with E-state index < -0.39 is 0 Å². The molecule has 0 aliphatic heterocycles. The van der Waals surface area contributed by atoms with Crippen LogP contribution in [-0.4, -0.2) is 28.1 Å². The van der Waals surface area contributed by atoms with E-state index in [1.807, 2.05) is 29.7 Å². The molecule has 0 aliphatic rings. The Hall–Kier alpha value is -0.480. The molecule has 1 aromatic heterocycles. The Morgan fingerprint density at radius 1 is 1.47 bits per heavy atom. The van der Waals surface area contributed by atoms with E-state index in [0.717, 1.165) is 12.3 Å². The Kier molecular flexibility index (Phi) is 5.19. The van der Waals surface area contributed by atoms with E-state index in [9.17, 15) is 0 Å². The van der Waals surface area contributed by atoms with Crippen LogP contribution in [0.1, 0.15) is 20.8 Å². The van der Waals surface area contributed by atoms with Crippen molar-refractivity contribution in [3.63, 3.8) is 0 Å². The fourth-order valence-corrected chi connectivity index (χ4v) is 2.15. The SMILES string of the molecule is CC(CNC(C)C)CSc1cnn(C)c1. The van der Waals surface area contributed by atoms with E-state index in [1.165, 1.54) is 4.90 Å². The second-order valence-electron chi connectivity index (χ2n) is 4.33. The molecule has 4 heteroatoms. The van der Waals surface area contributed by atoms with Gasteiger partial charge in [0.05, 0.1) is 6.20 Å². The van der Waals surface area contributed by atoms with E-state index in [2.05, 4.69) is 37.4 Å². The van der Waals surface area contributed by atoms with Crippen molar-refractivity contribution >= 4 is 11.8 Å². The van der Waals surface area contributed by atoms with Crippen molar-refractivity contribution in [1.82, 2.24) is 15.1 Å². The van der Waals surface area contributed by atoms with Crippen LogP contribution in [0.25, 0.3) is 0 Å². The molecule has 0 fully saturated rings. The van der Waals surface area contributed by atoms with Crippen molar-refractivity contribution in [2.24, 2.45) is 13.0 Å². The van der Waals surface area contributed by atoms with Crippen LogP contribution in [0.2, 0.25) is 0 Å². The summed E-state index contributed by atoms with van der Waals surface area (Å²) in [7, 11) is 1.95. The summed E-state index contributed by atoms with van der Waals surface area (Å²) < 4.78 is 1.85. The van der Waals surface area contributed by atoms with Gasteiger partial charge in [0.15, 0.2) is 0 Å². The molecule has 15 heavy (non-hydrogen) atoms. The van der Waals surface area contributed by atoms with Crippen LogP contribution in [0.5, 0.6) is 0 Å². The van der Waals surface area contributed by atoms with E-state index >= 15 is 0 Å². The number of thioether (sulfide) groups is 1.